The molecule has 3 aromatic rings. The Morgan fingerprint density at radius 3 is 2.69 bits per heavy atom. The fraction of sp³-hybridized carbons (Fsp3) is 0.368. The van der Waals surface area contributed by atoms with Gasteiger partial charge in [0.05, 0.1) is 6.54 Å². The summed E-state index contributed by atoms with van der Waals surface area (Å²) in [5.74, 6) is 1.58. The first-order valence-corrected chi connectivity index (χ1v) is 8.97. The molecular formula is C19H22N6O. The number of aromatic nitrogens is 5. The minimum atomic E-state index is -0.328. The third kappa shape index (κ3) is 2.89. The Kier molecular flexibility index (Phi) is 4.28. The fourth-order valence-corrected chi connectivity index (χ4v) is 3.39. The molecule has 1 atom stereocenters. The van der Waals surface area contributed by atoms with Gasteiger partial charge in [0.15, 0.2) is 11.6 Å². The molecule has 1 amide bonds. The minimum Gasteiger partial charge on any atom is -0.333 e. The van der Waals surface area contributed by atoms with Crippen LogP contribution in [-0.2, 0) is 24.3 Å². The summed E-state index contributed by atoms with van der Waals surface area (Å²) in [6.07, 6.45) is 2.75. The largest absolute Gasteiger partial charge is 0.333 e. The molecule has 1 aliphatic rings. The Bertz CT molecular complexity index is 913. The van der Waals surface area contributed by atoms with Crippen LogP contribution in [0.25, 0.3) is 11.5 Å². The van der Waals surface area contributed by atoms with E-state index in [2.05, 4.69) is 27.4 Å². The highest BCUT2D eigenvalue weighted by molar-refractivity contribution is 5.81. The molecule has 0 bridgehead atoms. The highest BCUT2D eigenvalue weighted by atomic mass is 16.2. The maximum atomic E-state index is 12.9. The van der Waals surface area contributed by atoms with E-state index in [-0.39, 0.29) is 11.9 Å². The molecule has 1 aliphatic heterocycles. The van der Waals surface area contributed by atoms with Gasteiger partial charge in [-0.15, -0.1) is 10.2 Å². The quantitative estimate of drug-likeness (QED) is 0.708. The van der Waals surface area contributed by atoms with Crippen LogP contribution in [-0.4, -0.2) is 41.9 Å². The second-order valence-corrected chi connectivity index (χ2v) is 6.54. The highest BCUT2D eigenvalue weighted by Gasteiger charge is 2.33. The molecule has 7 heteroatoms. The van der Waals surface area contributed by atoms with Crippen LogP contribution in [0, 0.1) is 0 Å². The molecule has 0 N–H and O–H groups in total. The Morgan fingerprint density at radius 2 is 1.96 bits per heavy atom. The summed E-state index contributed by atoms with van der Waals surface area (Å²) in [5.41, 5.74) is 1.98. The van der Waals surface area contributed by atoms with Crippen LogP contribution in [0.5, 0.6) is 0 Å². The zero-order chi connectivity index (χ0) is 18.1. The van der Waals surface area contributed by atoms with Crippen molar-refractivity contribution in [1.82, 2.24) is 29.4 Å². The van der Waals surface area contributed by atoms with E-state index < -0.39 is 0 Å². The second-order valence-electron chi connectivity index (χ2n) is 6.54. The number of carbonyl (C=O) groups is 1. The minimum absolute atomic E-state index is 0.101. The molecule has 7 nitrogen and oxygen atoms in total. The number of rotatable bonds is 5. The van der Waals surface area contributed by atoms with Crippen molar-refractivity contribution >= 4 is 5.91 Å². The highest BCUT2D eigenvalue weighted by Crippen LogP contribution is 2.27. The van der Waals surface area contributed by atoms with E-state index in [1.165, 1.54) is 5.56 Å². The molecule has 134 valence electrons. The Labute approximate surface area is 152 Å². The first-order chi connectivity index (χ1) is 12.7. The van der Waals surface area contributed by atoms with E-state index in [4.69, 9.17) is 0 Å². The molecule has 0 unspecified atom stereocenters. The number of amides is 1. The molecule has 0 fully saturated rings. The summed E-state index contributed by atoms with van der Waals surface area (Å²) < 4.78 is 3.77. The van der Waals surface area contributed by atoms with E-state index in [1.807, 2.05) is 58.5 Å². The fourth-order valence-electron chi connectivity index (χ4n) is 3.39. The van der Waals surface area contributed by atoms with Gasteiger partial charge in [-0.25, -0.2) is 0 Å². The lowest BCUT2D eigenvalue weighted by Crippen LogP contribution is -2.42. The molecule has 2 aromatic heterocycles. The molecule has 0 radical (unpaired) electrons. The van der Waals surface area contributed by atoms with E-state index in [1.54, 1.807) is 0 Å². The molecule has 3 heterocycles. The Balaban J connectivity index is 1.56. The third-order valence-corrected chi connectivity index (χ3v) is 4.86. The van der Waals surface area contributed by atoms with Gasteiger partial charge in [0.2, 0.25) is 5.91 Å². The lowest BCUT2D eigenvalue weighted by Gasteiger charge is -2.32. The van der Waals surface area contributed by atoms with E-state index in [0.29, 0.717) is 18.9 Å². The van der Waals surface area contributed by atoms with Gasteiger partial charge in [0.1, 0.15) is 11.7 Å². The van der Waals surface area contributed by atoms with Crippen molar-refractivity contribution in [3.8, 4) is 11.5 Å². The zero-order valence-corrected chi connectivity index (χ0v) is 15.0. The molecule has 0 aliphatic carbocycles. The SMILES string of the molecule is CCn1ccc(-c2nnc3n2[C@@H](C)C(=O)N(CCc2ccccc2)C3)n1. The molecule has 0 saturated carbocycles. The number of hydrogen-bond acceptors (Lipinski definition) is 4. The second kappa shape index (κ2) is 6.74. The summed E-state index contributed by atoms with van der Waals surface area (Å²) in [6, 6.07) is 11.8. The van der Waals surface area contributed by atoms with Crippen molar-refractivity contribution < 1.29 is 4.79 Å². The van der Waals surface area contributed by atoms with Gasteiger partial charge in [0.25, 0.3) is 0 Å². The van der Waals surface area contributed by atoms with Crippen LogP contribution in [0.4, 0.5) is 0 Å². The van der Waals surface area contributed by atoms with Crippen molar-refractivity contribution in [2.45, 2.75) is 39.4 Å². The van der Waals surface area contributed by atoms with Crippen LogP contribution < -0.4 is 0 Å². The lowest BCUT2D eigenvalue weighted by atomic mass is 10.1. The Morgan fingerprint density at radius 1 is 1.15 bits per heavy atom. The van der Waals surface area contributed by atoms with Gasteiger partial charge < -0.3 is 4.90 Å². The van der Waals surface area contributed by atoms with Crippen molar-refractivity contribution in [1.29, 1.82) is 0 Å². The van der Waals surface area contributed by atoms with Crippen molar-refractivity contribution in [2.24, 2.45) is 0 Å². The lowest BCUT2D eigenvalue weighted by molar-refractivity contribution is -0.136. The standard InChI is InChI=1S/C19H22N6O/c1-3-24-12-10-16(22-24)18-21-20-17-13-23(19(26)14(2)25(17)18)11-9-15-7-5-4-6-8-15/h4-8,10,12,14H,3,9,11,13H2,1-2H3/t14-/m0/s1. The van der Waals surface area contributed by atoms with Crippen LogP contribution >= 0.6 is 0 Å². The predicted octanol–water partition coefficient (Wildman–Crippen LogP) is 2.31. The summed E-state index contributed by atoms with van der Waals surface area (Å²) >= 11 is 0. The van der Waals surface area contributed by atoms with Crippen LogP contribution in [0.15, 0.2) is 42.6 Å². The molecule has 0 spiro atoms. The number of fused-ring (bicyclic) bond motifs is 1. The summed E-state index contributed by atoms with van der Waals surface area (Å²) in [6.45, 7) is 5.90. The average Bonchev–Trinajstić information content (AvgIpc) is 3.31. The normalized spacial score (nSPS) is 16.8. The number of benzene rings is 1. The van der Waals surface area contributed by atoms with Gasteiger partial charge in [-0.1, -0.05) is 30.3 Å². The van der Waals surface area contributed by atoms with Gasteiger partial charge >= 0.3 is 0 Å². The van der Waals surface area contributed by atoms with Crippen molar-refractivity contribution in [3.05, 3.63) is 54.0 Å². The van der Waals surface area contributed by atoms with Gasteiger partial charge in [0, 0.05) is 19.3 Å². The molecule has 0 saturated heterocycles. The van der Waals surface area contributed by atoms with Crippen molar-refractivity contribution in [3.63, 3.8) is 0 Å². The van der Waals surface area contributed by atoms with Crippen LogP contribution in [0.2, 0.25) is 0 Å². The third-order valence-electron chi connectivity index (χ3n) is 4.86. The Hall–Kier alpha value is -2.96. The predicted molar refractivity (Wildman–Crippen MR) is 97.2 cm³/mol. The summed E-state index contributed by atoms with van der Waals surface area (Å²) in [4.78, 5) is 14.7. The monoisotopic (exact) mass is 350 g/mol. The van der Waals surface area contributed by atoms with Crippen molar-refractivity contribution in [2.75, 3.05) is 6.54 Å². The number of hydrogen-bond donors (Lipinski definition) is 0. The molecule has 26 heavy (non-hydrogen) atoms. The van der Waals surface area contributed by atoms with E-state index >= 15 is 0 Å². The van der Waals surface area contributed by atoms with Gasteiger partial charge in [-0.05, 0) is 31.9 Å². The van der Waals surface area contributed by atoms with E-state index in [9.17, 15) is 4.79 Å². The molecule has 4 rings (SSSR count). The van der Waals surface area contributed by atoms with Crippen LogP contribution in [0.1, 0.15) is 31.3 Å². The maximum absolute atomic E-state index is 12.9. The molecule has 1 aromatic carbocycles. The summed E-state index contributed by atoms with van der Waals surface area (Å²) in [5, 5.41) is 13.1. The number of nitrogens with zero attached hydrogens (tertiary/aromatic N) is 6. The molecular weight excluding hydrogens is 328 g/mol. The first-order valence-electron chi connectivity index (χ1n) is 8.97. The maximum Gasteiger partial charge on any atom is 0.245 e. The zero-order valence-electron chi connectivity index (χ0n) is 15.0. The van der Waals surface area contributed by atoms with Crippen LogP contribution in [0.3, 0.4) is 0 Å². The van der Waals surface area contributed by atoms with Gasteiger partial charge in [-0.3, -0.25) is 14.0 Å². The average molecular weight is 350 g/mol. The first kappa shape index (κ1) is 16.5. The number of aryl methyl sites for hydroxylation is 1. The van der Waals surface area contributed by atoms with Gasteiger partial charge in [-0.2, -0.15) is 5.10 Å². The summed E-state index contributed by atoms with van der Waals surface area (Å²) in [7, 11) is 0. The van der Waals surface area contributed by atoms with E-state index in [0.717, 1.165) is 24.5 Å². The topological polar surface area (TPSA) is 68.8 Å². The number of carbonyl (C=O) groups excluding carboxylic acids is 1. The smallest absolute Gasteiger partial charge is 0.245 e.